The number of aryl methyl sites for hydroxylation is 1. The molecule has 0 unspecified atom stereocenters. The Bertz CT molecular complexity index is 3200. The maximum Gasteiger partial charge on any atom is 0.534 e. The summed E-state index contributed by atoms with van der Waals surface area (Å²) < 4.78 is 185. The smallest absolute Gasteiger partial charge is 0.355 e. The fourth-order valence-electron chi connectivity index (χ4n) is 7.65. The summed E-state index contributed by atoms with van der Waals surface area (Å²) in [7, 11) is -9.08. The molecule has 1 amide bonds. The van der Waals surface area contributed by atoms with Crippen molar-refractivity contribution in [3.05, 3.63) is 97.8 Å². The van der Waals surface area contributed by atoms with Gasteiger partial charge < -0.3 is 9.50 Å². The Labute approximate surface area is 351 Å². The van der Waals surface area contributed by atoms with Gasteiger partial charge in [0.2, 0.25) is 21.8 Å². The van der Waals surface area contributed by atoms with Gasteiger partial charge in [-0.1, -0.05) is 11.6 Å². The molecular weight excluding hydrogens is 929 g/mol. The van der Waals surface area contributed by atoms with E-state index in [0.29, 0.717) is 16.8 Å². The number of carbonyl (C=O) groups is 1. The van der Waals surface area contributed by atoms with Crippen LogP contribution in [0.3, 0.4) is 0 Å². The number of anilines is 1. The lowest BCUT2D eigenvalue weighted by molar-refractivity contribution is -0.123. The zero-order chi connectivity index (χ0) is 45.9. The molecule has 0 aliphatic heterocycles. The fourth-order valence-corrected chi connectivity index (χ4v) is 8.80. The number of hydrogen-bond acceptors (Lipinski definition) is 11. The highest BCUT2D eigenvalue weighted by atomic mass is 35.5. The Balaban J connectivity index is 1.35. The Hall–Kier alpha value is -5.96. The predicted octanol–water partition coefficient (Wildman–Crippen LogP) is 5.64. The molecule has 0 radical (unpaired) electrons. The van der Waals surface area contributed by atoms with Crippen molar-refractivity contribution in [1.82, 2.24) is 39.4 Å². The van der Waals surface area contributed by atoms with E-state index in [1.807, 2.05) is 0 Å². The number of fused-ring (bicyclic) bond motifs is 5. The lowest BCUT2D eigenvalue weighted by Crippen LogP contribution is -2.38. The lowest BCUT2D eigenvalue weighted by Gasteiger charge is -2.24. The van der Waals surface area contributed by atoms with Crippen LogP contribution in [-0.2, 0) is 50.9 Å². The van der Waals surface area contributed by atoms with Gasteiger partial charge in [0.05, 0.1) is 39.3 Å². The first-order valence-electron chi connectivity index (χ1n) is 17.8. The van der Waals surface area contributed by atoms with E-state index >= 15 is 8.78 Å². The van der Waals surface area contributed by atoms with Crippen molar-refractivity contribution in [2.24, 2.45) is 13.0 Å². The van der Waals surface area contributed by atoms with E-state index in [4.69, 9.17) is 11.6 Å². The van der Waals surface area contributed by atoms with E-state index in [1.54, 1.807) is 0 Å². The van der Waals surface area contributed by atoms with Crippen LogP contribution < -0.4 is 19.8 Å². The number of hydrogen-bond donors (Lipinski definition) is 2. The van der Waals surface area contributed by atoms with Crippen LogP contribution in [0.1, 0.15) is 53.1 Å². The molecule has 63 heavy (non-hydrogen) atoms. The maximum atomic E-state index is 15.4. The van der Waals surface area contributed by atoms with Crippen LogP contribution in [0.15, 0.2) is 47.3 Å². The summed E-state index contributed by atoms with van der Waals surface area (Å²) in [6.45, 7) is -1.17. The van der Waals surface area contributed by atoms with Gasteiger partial charge in [-0.3, -0.25) is 28.2 Å². The number of rotatable bonds is 12. The third-order valence-electron chi connectivity index (χ3n) is 10.1. The zero-order valence-corrected chi connectivity index (χ0v) is 33.9. The molecule has 2 N–H and O–H groups in total. The summed E-state index contributed by atoms with van der Waals surface area (Å²) in [5, 5.41) is 9.36. The second-order valence-electron chi connectivity index (χ2n) is 14.5. The number of amides is 1. The topological polar surface area (TPSA) is 202 Å². The summed E-state index contributed by atoms with van der Waals surface area (Å²) in [6.07, 6.45) is -3.35. The number of nitrogens with one attached hydrogen (secondary N) is 2. The maximum absolute atomic E-state index is 15.4. The minimum absolute atomic E-state index is 0.0988. The van der Waals surface area contributed by atoms with Gasteiger partial charge in [-0.25, -0.2) is 31.0 Å². The van der Waals surface area contributed by atoms with Crippen LogP contribution in [0.25, 0.3) is 27.6 Å². The number of carbonyl (C=O) groups excluding carboxylic acids is 1. The van der Waals surface area contributed by atoms with E-state index in [1.165, 1.54) is 19.2 Å². The zero-order valence-electron chi connectivity index (χ0n) is 31.6. The standard InChI is InChI=1S/C35H25ClF9N9O7S2/c1-52-27-21(5-4-19(36)25(27)31(50-52)51-62(2,57)58)54-32(48-30-16(33(54)56)3-6-23(47-30)61-63(59,60)35(43,44)45)20(9-13-7-14(37)10-15(38)8-13)46-22(55)12-53-28-24(26(49-53)29(39)40)17-11-18(17)34(28,41)42/h3-8,10,17-18,20,29H,9,11-12H2,1-2H3,(H,46,55)(H,50,51)/t17-,18+,20-/m0/s1. The summed E-state index contributed by atoms with van der Waals surface area (Å²) >= 11 is 6.50. The van der Waals surface area contributed by atoms with Gasteiger partial charge in [-0.05, 0) is 48.2 Å². The Morgan fingerprint density at radius 1 is 1.03 bits per heavy atom. The molecule has 0 bridgehead atoms. The second-order valence-corrected chi connectivity index (χ2v) is 18.2. The van der Waals surface area contributed by atoms with Crippen molar-refractivity contribution in [3.63, 3.8) is 0 Å². The molecule has 4 aromatic heterocycles. The molecule has 0 saturated heterocycles. The van der Waals surface area contributed by atoms with Crippen molar-refractivity contribution < 1.29 is 65.3 Å². The summed E-state index contributed by atoms with van der Waals surface area (Å²) in [4.78, 5) is 36.6. The monoisotopic (exact) mass is 953 g/mol. The third kappa shape index (κ3) is 7.78. The molecule has 0 spiro atoms. The lowest BCUT2D eigenvalue weighted by atomic mass is 10.0. The van der Waals surface area contributed by atoms with Crippen LogP contribution in [0, 0.1) is 17.6 Å². The molecule has 28 heteroatoms. The molecule has 6 aromatic rings. The van der Waals surface area contributed by atoms with Gasteiger partial charge in [0.15, 0.2) is 11.5 Å². The number of alkyl halides is 7. The molecule has 2 aliphatic carbocycles. The summed E-state index contributed by atoms with van der Waals surface area (Å²) in [5.41, 5.74) is -10.9. The minimum atomic E-state index is -6.34. The van der Waals surface area contributed by atoms with E-state index < -0.39 is 132 Å². The fraction of sp³-hybridized carbons (Fsp3) is 0.314. The molecule has 16 nitrogen and oxygen atoms in total. The van der Waals surface area contributed by atoms with E-state index in [-0.39, 0.29) is 39.4 Å². The minimum Gasteiger partial charge on any atom is -0.355 e. The predicted molar refractivity (Wildman–Crippen MR) is 201 cm³/mol. The Morgan fingerprint density at radius 2 is 1.71 bits per heavy atom. The number of nitrogens with zero attached hydrogens (tertiary/aromatic N) is 7. The average molecular weight is 954 g/mol. The average Bonchev–Trinajstić information content (AvgIpc) is 3.69. The number of pyridine rings is 1. The van der Waals surface area contributed by atoms with Crippen LogP contribution in [0.4, 0.5) is 45.3 Å². The first-order valence-corrected chi connectivity index (χ1v) is 21.5. The number of aromatic nitrogens is 7. The molecule has 334 valence electrons. The molecule has 3 atom stereocenters. The number of sulfonamides is 1. The van der Waals surface area contributed by atoms with Gasteiger partial charge in [0, 0.05) is 37.1 Å². The van der Waals surface area contributed by atoms with Crippen molar-refractivity contribution in [3.8, 4) is 11.6 Å². The third-order valence-corrected chi connectivity index (χ3v) is 12.0. The van der Waals surface area contributed by atoms with Crippen LogP contribution in [-0.4, -0.2) is 68.6 Å². The molecular formula is C35H25ClF9N9O7S2. The van der Waals surface area contributed by atoms with Gasteiger partial charge in [-0.2, -0.15) is 45.6 Å². The van der Waals surface area contributed by atoms with Crippen LogP contribution >= 0.6 is 11.6 Å². The normalized spacial score (nSPS) is 17.5. The largest absolute Gasteiger partial charge is 0.534 e. The quantitative estimate of drug-likeness (QED) is 0.0874. The number of benzene rings is 2. The van der Waals surface area contributed by atoms with E-state index in [9.17, 15) is 57.2 Å². The highest BCUT2D eigenvalue weighted by Crippen LogP contribution is 2.68. The van der Waals surface area contributed by atoms with Crippen LogP contribution in [0.2, 0.25) is 5.02 Å². The second kappa shape index (κ2) is 14.8. The Morgan fingerprint density at radius 3 is 2.35 bits per heavy atom. The first kappa shape index (κ1) is 43.7. The summed E-state index contributed by atoms with van der Waals surface area (Å²) in [5.74, 6) is -11.8. The first-order chi connectivity index (χ1) is 29.3. The van der Waals surface area contributed by atoms with Crippen molar-refractivity contribution in [2.45, 2.75) is 49.2 Å². The summed E-state index contributed by atoms with van der Waals surface area (Å²) in [6, 6.07) is 3.97. The van der Waals surface area contributed by atoms with Crippen molar-refractivity contribution in [1.29, 1.82) is 0 Å². The van der Waals surface area contributed by atoms with E-state index in [2.05, 4.69) is 34.4 Å². The Kier molecular flexibility index (Phi) is 10.3. The van der Waals surface area contributed by atoms with Gasteiger partial charge in [0.1, 0.15) is 35.4 Å². The van der Waals surface area contributed by atoms with Gasteiger partial charge in [0.25, 0.3) is 17.9 Å². The highest BCUT2D eigenvalue weighted by Gasteiger charge is 2.67. The molecule has 2 aromatic carbocycles. The number of halogens is 10. The molecule has 1 saturated carbocycles. The SMILES string of the molecule is Cn1nc(NS(C)(=O)=O)c2c(Cl)ccc(-n3c([C@H](Cc4cc(F)cc(F)c4)NC(=O)Cn4nc(C(F)F)c5c4C(F)(F)[C@@H]4C[C@H]54)nc4nc(OS(=O)(=O)C(F)(F)F)ccc4c3=O)c21. The molecule has 1 fully saturated rings. The van der Waals surface area contributed by atoms with Crippen molar-refractivity contribution in [2.75, 3.05) is 11.0 Å². The van der Waals surface area contributed by atoms with E-state index in [0.717, 1.165) is 33.7 Å². The van der Waals surface area contributed by atoms with Crippen LogP contribution in [0.5, 0.6) is 5.88 Å². The van der Waals surface area contributed by atoms with Crippen molar-refractivity contribution >= 4 is 65.4 Å². The molecule has 4 heterocycles. The highest BCUT2D eigenvalue weighted by molar-refractivity contribution is 7.92. The molecule has 2 aliphatic rings. The molecule has 8 rings (SSSR count). The van der Waals surface area contributed by atoms with Gasteiger partial charge in [-0.15, -0.1) is 0 Å². The van der Waals surface area contributed by atoms with Gasteiger partial charge >= 0.3 is 15.6 Å².